The van der Waals surface area contributed by atoms with Crippen molar-refractivity contribution >= 4 is 28.4 Å². The summed E-state index contributed by atoms with van der Waals surface area (Å²) in [5.41, 5.74) is 0.834. The number of carbonyl (C=O) groups excluding carboxylic acids is 2. The number of carbonyl (C=O) groups is 2. The van der Waals surface area contributed by atoms with Gasteiger partial charge in [-0.1, -0.05) is 36.4 Å². The molecule has 0 saturated carbocycles. The molecule has 0 aromatic heterocycles. The first-order valence-electron chi connectivity index (χ1n) is 10.2. The molecule has 3 rings (SSSR count). The number of nitrogens with zero attached hydrogens (tertiary/aromatic N) is 3. The molecule has 3 amide bonds. The van der Waals surface area contributed by atoms with Gasteiger partial charge in [0.1, 0.15) is 0 Å². The van der Waals surface area contributed by atoms with E-state index in [-0.39, 0.29) is 11.9 Å². The molecule has 6 nitrogen and oxygen atoms in total. The van der Waals surface area contributed by atoms with E-state index in [1.165, 1.54) is 0 Å². The van der Waals surface area contributed by atoms with Crippen LogP contribution in [0.1, 0.15) is 20.3 Å². The Hall–Kier alpha value is -2.60. The molecule has 0 radical (unpaired) electrons. The monoisotopic (exact) mass is 382 g/mol. The van der Waals surface area contributed by atoms with Crippen molar-refractivity contribution in [3.8, 4) is 0 Å². The summed E-state index contributed by atoms with van der Waals surface area (Å²) in [4.78, 5) is 31.0. The van der Waals surface area contributed by atoms with Gasteiger partial charge in [-0.05, 0) is 31.7 Å². The van der Waals surface area contributed by atoms with Crippen LogP contribution in [-0.2, 0) is 4.79 Å². The lowest BCUT2D eigenvalue weighted by molar-refractivity contribution is -0.132. The Morgan fingerprint density at radius 2 is 1.71 bits per heavy atom. The Balaban J connectivity index is 1.59. The molecule has 1 saturated heterocycles. The molecule has 1 fully saturated rings. The van der Waals surface area contributed by atoms with E-state index in [0.29, 0.717) is 19.6 Å². The number of hydrogen-bond acceptors (Lipinski definition) is 3. The summed E-state index contributed by atoms with van der Waals surface area (Å²) in [7, 11) is 0. The number of amides is 3. The summed E-state index contributed by atoms with van der Waals surface area (Å²) in [6.45, 7) is 8.80. The zero-order chi connectivity index (χ0) is 19.9. The fraction of sp³-hybridized carbons (Fsp3) is 0.455. The maximum Gasteiger partial charge on any atom is 0.321 e. The molecule has 0 aliphatic carbocycles. The Kier molecular flexibility index (Phi) is 6.87. The van der Waals surface area contributed by atoms with Crippen molar-refractivity contribution in [2.24, 2.45) is 0 Å². The molecule has 2 aromatic carbocycles. The molecule has 28 heavy (non-hydrogen) atoms. The first kappa shape index (κ1) is 20.1. The lowest BCUT2D eigenvalue weighted by Crippen LogP contribution is -2.42. The molecule has 0 spiro atoms. The van der Waals surface area contributed by atoms with Gasteiger partial charge in [-0.15, -0.1) is 0 Å². The fourth-order valence-corrected chi connectivity index (χ4v) is 3.73. The second-order valence-corrected chi connectivity index (χ2v) is 7.14. The Morgan fingerprint density at radius 3 is 2.50 bits per heavy atom. The van der Waals surface area contributed by atoms with E-state index in [1.54, 1.807) is 0 Å². The van der Waals surface area contributed by atoms with Gasteiger partial charge in [0.15, 0.2) is 0 Å². The predicted molar refractivity (Wildman–Crippen MR) is 114 cm³/mol. The van der Waals surface area contributed by atoms with Crippen LogP contribution in [-0.4, -0.2) is 72.5 Å². The highest BCUT2D eigenvalue weighted by atomic mass is 16.2. The number of anilines is 1. The van der Waals surface area contributed by atoms with Gasteiger partial charge in [-0.2, -0.15) is 0 Å². The van der Waals surface area contributed by atoms with Crippen LogP contribution in [0, 0.1) is 0 Å². The summed E-state index contributed by atoms with van der Waals surface area (Å²) in [6, 6.07) is 13.9. The number of hydrogen-bond donors (Lipinski definition) is 1. The first-order chi connectivity index (χ1) is 13.6. The van der Waals surface area contributed by atoms with Crippen molar-refractivity contribution in [3.63, 3.8) is 0 Å². The molecule has 1 aliphatic rings. The third kappa shape index (κ3) is 4.81. The maximum absolute atomic E-state index is 12.8. The topological polar surface area (TPSA) is 55.9 Å². The summed E-state index contributed by atoms with van der Waals surface area (Å²) in [6.07, 6.45) is 0.870. The summed E-state index contributed by atoms with van der Waals surface area (Å²) in [5, 5.41) is 5.22. The van der Waals surface area contributed by atoms with Gasteiger partial charge in [0, 0.05) is 44.7 Å². The Morgan fingerprint density at radius 1 is 0.964 bits per heavy atom. The molecule has 0 atom stereocenters. The Labute approximate surface area is 167 Å². The third-order valence-corrected chi connectivity index (χ3v) is 5.38. The zero-order valence-corrected chi connectivity index (χ0v) is 16.9. The van der Waals surface area contributed by atoms with Crippen LogP contribution < -0.4 is 5.32 Å². The molecular weight excluding hydrogens is 352 g/mol. The normalized spacial score (nSPS) is 15.3. The highest BCUT2D eigenvalue weighted by Crippen LogP contribution is 2.23. The number of urea groups is 1. The first-order valence-corrected chi connectivity index (χ1v) is 10.2. The molecule has 1 N–H and O–H groups in total. The highest BCUT2D eigenvalue weighted by molar-refractivity contribution is 6.01. The lowest BCUT2D eigenvalue weighted by atomic mass is 10.1. The molecule has 0 unspecified atom stereocenters. The average Bonchev–Trinajstić information content (AvgIpc) is 2.95. The SMILES string of the molecule is CCN(CC)C(=O)CN1CCCN(C(=O)Nc2cccc3ccccc23)CC1. The van der Waals surface area contributed by atoms with Gasteiger partial charge in [0.2, 0.25) is 5.91 Å². The van der Waals surface area contributed by atoms with Gasteiger partial charge < -0.3 is 15.1 Å². The zero-order valence-electron chi connectivity index (χ0n) is 16.9. The van der Waals surface area contributed by atoms with Gasteiger partial charge in [-0.25, -0.2) is 4.79 Å². The van der Waals surface area contributed by atoms with Crippen molar-refractivity contribution in [2.75, 3.05) is 51.1 Å². The van der Waals surface area contributed by atoms with Gasteiger partial charge in [0.05, 0.1) is 12.2 Å². The van der Waals surface area contributed by atoms with Crippen molar-refractivity contribution in [2.45, 2.75) is 20.3 Å². The molecule has 6 heteroatoms. The minimum absolute atomic E-state index is 0.0757. The van der Waals surface area contributed by atoms with Crippen LogP contribution in [0.15, 0.2) is 42.5 Å². The number of rotatable bonds is 5. The average molecular weight is 383 g/mol. The molecular formula is C22H30N4O2. The van der Waals surface area contributed by atoms with E-state index in [0.717, 1.165) is 49.1 Å². The van der Waals surface area contributed by atoms with Crippen LogP contribution in [0.2, 0.25) is 0 Å². The summed E-state index contributed by atoms with van der Waals surface area (Å²) >= 11 is 0. The molecule has 0 bridgehead atoms. The van der Waals surface area contributed by atoms with E-state index in [1.807, 2.05) is 66.1 Å². The molecule has 2 aromatic rings. The maximum atomic E-state index is 12.8. The third-order valence-electron chi connectivity index (χ3n) is 5.38. The molecule has 1 aliphatic heterocycles. The van der Waals surface area contributed by atoms with Crippen LogP contribution in [0.4, 0.5) is 10.5 Å². The van der Waals surface area contributed by atoms with Crippen molar-refractivity contribution in [1.82, 2.24) is 14.7 Å². The van der Waals surface area contributed by atoms with E-state index < -0.39 is 0 Å². The summed E-state index contributed by atoms with van der Waals surface area (Å²) in [5.74, 6) is 0.165. The van der Waals surface area contributed by atoms with Crippen molar-refractivity contribution < 1.29 is 9.59 Å². The lowest BCUT2D eigenvalue weighted by Gasteiger charge is -2.25. The van der Waals surface area contributed by atoms with Crippen LogP contribution in [0.5, 0.6) is 0 Å². The van der Waals surface area contributed by atoms with E-state index in [4.69, 9.17) is 0 Å². The molecule has 150 valence electrons. The Bertz CT molecular complexity index is 814. The van der Waals surface area contributed by atoms with Crippen molar-refractivity contribution in [3.05, 3.63) is 42.5 Å². The van der Waals surface area contributed by atoms with Crippen LogP contribution in [0.3, 0.4) is 0 Å². The van der Waals surface area contributed by atoms with Gasteiger partial charge in [-0.3, -0.25) is 9.69 Å². The number of fused-ring (bicyclic) bond motifs is 1. The smallest absolute Gasteiger partial charge is 0.321 e. The van der Waals surface area contributed by atoms with E-state index in [9.17, 15) is 9.59 Å². The number of likely N-dealkylation sites (N-methyl/N-ethyl adjacent to an activating group) is 1. The summed E-state index contributed by atoms with van der Waals surface area (Å²) < 4.78 is 0. The molecule has 1 heterocycles. The van der Waals surface area contributed by atoms with Crippen molar-refractivity contribution in [1.29, 1.82) is 0 Å². The van der Waals surface area contributed by atoms with Gasteiger partial charge in [0.25, 0.3) is 0 Å². The minimum atomic E-state index is -0.0757. The second kappa shape index (κ2) is 9.55. The van der Waals surface area contributed by atoms with E-state index in [2.05, 4.69) is 10.2 Å². The number of benzene rings is 2. The van der Waals surface area contributed by atoms with E-state index >= 15 is 0 Å². The van der Waals surface area contributed by atoms with Gasteiger partial charge >= 0.3 is 6.03 Å². The highest BCUT2D eigenvalue weighted by Gasteiger charge is 2.22. The predicted octanol–water partition coefficient (Wildman–Crippen LogP) is 3.25. The quantitative estimate of drug-likeness (QED) is 0.864. The largest absolute Gasteiger partial charge is 0.342 e. The standard InChI is InChI=1S/C22H30N4O2/c1-3-25(4-2)21(27)17-24-13-8-14-26(16-15-24)22(28)23-20-12-7-10-18-9-5-6-11-19(18)20/h5-7,9-12H,3-4,8,13-17H2,1-2H3,(H,23,28). The van der Waals surface area contributed by atoms with Crippen LogP contribution >= 0.6 is 0 Å². The number of nitrogens with one attached hydrogen (secondary N) is 1. The van der Waals surface area contributed by atoms with Crippen LogP contribution in [0.25, 0.3) is 10.8 Å². The fourth-order valence-electron chi connectivity index (χ4n) is 3.73. The minimum Gasteiger partial charge on any atom is -0.342 e. The second-order valence-electron chi connectivity index (χ2n) is 7.14.